The molecule has 2 aromatic carbocycles. The second-order valence-electron chi connectivity index (χ2n) is 6.72. The minimum Gasteiger partial charge on any atom is -0.399 e. The van der Waals surface area contributed by atoms with E-state index in [9.17, 15) is 0 Å². The second-order valence-corrected chi connectivity index (χ2v) is 7.16. The first-order chi connectivity index (χ1) is 10.3. The van der Waals surface area contributed by atoms with Gasteiger partial charge in [0, 0.05) is 5.02 Å². The molecule has 0 atom stereocenters. The number of hydrogen-bond donors (Lipinski definition) is 0. The zero-order valence-corrected chi connectivity index (χ0v) is 14.1. The van der Waals surface area contributed by atoms with E-state index in [1.165, 1.54) is 0 Å². The molecule has 1 fully saturated rings. The molecule has 22 heavy (non-hydrogen) atoms. The molecule has 3 rings (SSSR count). The number of benzene rings is 2. The molecule has 0 radical (unpaired) electrons. The van der Waals surface area contributed by atoms with Crippen molar-refractivity contribution in [3.8, 4) is 11.1 Å². The fourth-order valence-electron chi connectivity index (χ4n) is 2.49. The molecule has 0 aromatic heterocycles. The van der Waals surface area contributed by atoms with Gasteiger partial charge in [-0.2, -0.15) is 0 Å². The highest BCUT2D eigenvalue weighted by Gasteiger charge is 2.51. The van der Waals surface area contributed by atoms with E-state index in [4.69, 9.17) is 20.9 Å². The molecule has 0 aliphatic carbocycles. The van der Waals surface area contributed by atoms with Gasteiger partial charge in [0.2, 0.25) is 0 Å². The molecular weight excluding hydrogens is 294 g/mol. The van der Waals surface area contributed by atoms with E-state index >= 15 is 0 Å². The predicted octanol–water partition coefficient (Wildman–Crippen LogP) is 4.31. The summed E-state index contributed by atoms with van der Waals surface area (Å²) >= 11 is 5.96. The lowest BCUT2D eigenvalue weighted by Crippen LogP contribution is -2.41. The minimum atomic E-state index is -0.336. The lowest BCUT2D eigenvalue weighted by Gasteiger charge is -2.32. The van der Waals surface area contributed by atoms with E-state index in [1.807, 2.05) is 36.4 Å². The largest absolute Gasteiger partial charge is 0.494 e. The first-order valence-electron chi connectivity index (χ1n) is 7.50. The predicted molar refractivity (Wildman–Crippen MR) is 92.6 cm³/mol. The Morgan fingerprint density at radius 3 is 2.00 bits per heavy atom. The van der Waals surface area contributed by atoms with Crippen LogP contribution >= 0.6 is 11.6 Å². The topological polar surface area (TPSA) is 18.5 Å². The van der Waals surface area contributed by atoms with Crippen LogP contribution < -0.4 is 5.46 Å². The molecule has 0 N–H and O–H groups in total. The van der Waals surface area contributed by atoms with E-state index < -0.39 is 0 Å². The van der Waals surface area contributed by atoms with Gasteiger partial charge in [-0.1, -0.05) is 48.0 Å². The molecule has 4 heteroatoms. The van der Waals surface area contributed by atoms with Crippen molar-refractivity contribution in [2.24, 2.45) is 0 Å². The molecule has 1 saturated heterocycles. The molecule has 0 unspecified atom stereocenters. The normalized spacial score (nSPS) is 19.4. The van der Waals surface area contributed by atoms with E-state index in [2.05, 4.69) is 39.8 Å². The van der Waals surface area contributed by atoms with Crippen molar-refractivity contribution in [2.75, 3.05) is 0 Å². The fraction of sp³-hybridized carbons (Fsp3) is 0.333. The number of halogens is 1. The molecule has 0 amide bonds. The van der Waals surface area contributed by atoms with Crippen LogP contribution in [-0.2, 0) is 9.31 Å². The molecule has 2 nitrogen and oxygen atoms in total. The minimum absolute atomic E-state index is 0.325. The smallest absolute Gasteiger partial charge is 0.399 e. The van der Waals surface area contributed by atoms with Crippen molar-refractivity contribution in [3.05, 3.63) is 53.6 Å². The zero-order chi connectivity index (χ0) is 16.0. The lowest BCUT2D eigenvalue weighted by molar-refractivity contribution is 0.00578. The Hall–Kier alpha value is -1.29. The second kappa shape index (κ2) is 5.41. The van der Waals surface area contributed by atoms with Gasteiger partial charge in [0.15, 0.2) is 0 Å². The standard InChI is InChI=1S/C18H20BClO2/c1-17(2)18(3,4)22-19(21-17)15-7-5-6-14(12-15)13-8-10-16(20)11-9-13/h5-12H,1-4H3. The molecule has 2 aromatic rings. The first kappa shape index (κ1) is 15.6. The average molecular weight is 315 g/mol. The monoisotopic (exact) mass is 314 g/mol. The summed E-state index contributed by atoms with van der Waals surface area (Å²) in [6.45, 7) is 8.26. The van der Waals surface area contributed by atoms with Crippen LogP contribution in [0.4, 0.5) is 0 Å². The van der Waals surface area contributed by atoms with E-state index in [1.54, 1.807) is 0 Å². The Morgan fingerprint density at radius 1 is 0.818 bits per heavy atom. The third-order valence-electron chi connectivity index (χ3n) is 4.59. The number of rotatable bonds is 2. The van der Waals surface area contributed by atoms with E-state index in [0.29, 0.717) is 0 Å². The van der Waals surface area contributed by atoms with E-state index in [0.717, 1.165) is 21.6 Å². The van der Waals surface area contributed by atoms with Gasteiger partial charge in [0.05, 0.1) is 11.2 Å². The van der Waals surface area contributed by atoms with Gasteiger partial charge < -0.3 is 9.31 Å². The Morgan fingerprint density at radius 2 is 1.41 bits per heavy atom. The Labute approximate surface area is 137 Å². The highest BCUT2D eigenvalue weighted by Crippen LogP contribution is 2.36. The van der Waals surface area contributed by atoms with Gasteiger partial charge in [0.25, 0.3) is 0 Å². The summed E-state index contributed by atoms with van der Waals surface area (Å²) < 4.78 is 12.2. The van der Waals surface area contributed by atoms with Crippen LogP contribution in [-0.4, -0.2) is 18.3 Å². The van der Waals surface area contributed by atoms with Crippen molar-refractivity contribution in [1.82, 2.24) is 0 Å². The summed E-state index contributed by atoms with van der Waals surface area (Å²) in [5.74, 6) is 0. The molecule has 0 spiro atoms. The van der Waals surface area contributed by atoms with Crippen LogP contribution in [0.1, 0.15) is 27.7 Å². The summed E-state index contributed by atoms with van der Waals surface area (Å²) in [7, 11) is -0.336. The van der Waals surface area contributed by atoms with Gasteiger partial charge in [-0.15, -0.1) is 0 Å². The van der Waals surface area contributed by atoms with Crippen molar-refractivity contribution < 1.29 is 9.31 Å². The molecular formula is C18H20BClO2. The quantitative estimate of drug-likeness (QED) is 0.769. The summed E-state index contributed by atoms with van der Waals surface area (Å²) in [6, 6.07) is 16.1. The van der Waals surface area contributed by atoms with Crippen LogP contribution in [0.3, 0.4) is 0 Å². The summed E-state index contributed by atoms with van der Waals surface area (Å²) in [5, 5.41) is 0.742. The van der Waals surface area contributed by atoms with Gasteiger partial charge in [-0.3, -0.25) is 0 Å². The Kier molecular flexibility index (Phi) is 3.84. The Bertz CT molecular complexity index is 664. The van der Waals surface area contributed by atoms with Crippen LogP contribution in [0.2, 0.25) is 5.02 Å². The fourth-order valence-corrected chi connectivity index (χ4v) is 2.61. The maximum Gasteiger partial charge on any atom is 0.494 e. The maximum atomic E-state index is 6.12. The van der Waals surface area contributed by atoms with Crippen molar-refractivity contribution in [1.29, 1.82) is 0 Å². The highest BCUT2D eigenvalue weighted by molar-refractivity contribution is 6.62. The van der Waals surface area contributed by atoms with Crippen molar-refractivity contribution in [2.45, 2.75) is 38.9 Å². The number of hydrogen-bond acceptors (Lipinski definition) is 2. The van der Waals surface area contributed by atoms with Crippen LogP contribution in [0.15, 0.2) is 48.5 Å². The van der Waals surface area contributed by atoms with Gasteiger partial charge >= 0.3 is 7.12 Å². The Balaban J connectivity index is 1.91. The van der Waals surface area contributed by atoms with Gasteiger partial charge in [-0.05, 0) is 56.4 Å². The van der Waals surface area contributed by atoms with E-state index in [-0.39, 0.29) is 18.3 Å². The molecule has 0 bridgehead atoms. The highest BCUT2D eigenvalue weighted by atomic mass is 35.5. The zero-order valence-electron chi connectivity index (χ0n) is 13.4. The van der Waals surface area contributed by atoms with Crippen LogP contribution in [0.25, 0.3) is 11.1 Å². The third-order valence-corrected chi connectivity index (χ3v) is 4.84. The van der Waals surface area contributed by atoms with Crippen LogP contribution in [0, 0.1) is 0 Å². The third kappa shape index (κ3) is 2.81. The van der Waals surface area contributed by atoms with Crippen LogP contribution in [0.5, 0.6) is 0 Å². The molecule has 1 aliphatic heterocycles. The molecule has 0 saturated carbocycles. The van der Waals surface area contributed by atoms with Crippen molar-refractivity contribution >= 4 is 24.2 Å². The van der Waals surface area contributed by atoms with Crippen molar-refractivity contribution in [3.63, 3.8) is 0 Å². The first-order valence-corrected chi connectivity index (χ1v) is 7.88. The molecule has 1 aliphatic rings. The lowest BCUT2D eigenvalue weighted by atomic mass is 9.78. The molecule has 114 valence electrons. The SMILES string of the molecule is CC1(C)OB(c2cccc(-c3ccc(Cl)cc3)c2)OC1(C)C. The van der Waals surface area contributed by atoms with Gasteiger partial charge in [0.1, 0.15) is 0 Å². The summed E-state index contributed by atoms with van der Waals surface area (Å²) in [4.78, 5) is 0. The summed E-state index contributed by atoms with van der Waals surface area (Å²) in [5.41, 5.74) is 2.64. The molecule has 1 heterocycles. The average Bonchev–Trinajstić information content (AvgIpc) is 2.68. The maximum absolute atomic E-state index is 6.12. The van der Waals surface area contributed by atoms with Gasteiger partial charge in [-0.25, -0.2) is 0 Å². The summed E-state index contributed by atoms with van der Waals surface area (Å²) in [6.07, 6.45) is 0.